The smallest absolute Gasteiger partial charge is 0.147 e. The molecule has 1 rings (SSSR count). The maximum Gasteiger partial charge on any atom is 0.147 e. The van der Waals surface area contributed by atoms with Gasteiger partial charge in [-0.1, -0.05) is 13.3 Å². The van der Waals surface area contributed by atoms with Crippen molar-refractivity contribution in [1.29, 1.82) is 0 Å². The highest BCUT2D eigenvalue weighted by molar-refractivity contribution is 7.90. The predicted molar refractivity (Wildman–Crippen MR) is 49.9 cm³/mol. The molecule has 1 aliphatic rings. The van der Waals surface area contributed by atoms with Crippen molar-refractivity contribution in [2.75, 3.05) is 25.1 Å². The quantitative estimate of drug-likeness (QED) is 0.697. The van der Waals surface area contributed by atoms with E-state index in [2.05, 4.69) is 12.2 Å². The predicted octanol–water partition coefficient (Wildman–Crippen LogP) is 0.277. The van der Waals surface area contributed by atoms with Crippen molar-refractivity contribution in [3.8, 4) is 0 Å². The topological polar surface area (TPSA) is 46.2 Å². The largest absolute Gasteiger partial charge is 0.316 e. The van der Waals surface area contributed by atoms with Crippen LogP contribution in [0.25, 0.3) is 0 Å². The van der Waals surface area contributed by atoms with Gasteiger partial charge in [-0.05, 0) is 24.9 Å². The van der Waals surface area contributed by atoms with Crippen LogP contribution in [0.5, 0.6) is 0 Å². The molecule has 1 aliphatic heterocycles. The second kappa shape index (κ2) is 3.75. The van der Waals surface area contributed by atoms with Gasteiger partial charge in [0.05, 0.1) is 5.75 Å². The summed E-state index contributed by atoms with van der Waals surface area (Å²) >= 11 is 0. The summed E-state index contributed by atoms with van der Waals surface area (Å²) in [5.41, 5.74) is 0. The molecule has 3 nitrogen and oxygen atoms in total. The summed E-state index contributed by atoms with van der Waals surface area (Å²) in [5.74, 6) is 1.24. The molecule has 0 bridgehead atoms. The molecule has 0 radical (unpaired) electrons. The Morgan fingerprint density at radius 1 is 1.33 bits per heavy atom. The molecular weight excluding hydrogens is 174 g/mol. The van der Waals surface area contributed by atoms with Crippen LogP contribution < -0.4 is 5.32 Å². The zero-order valence-electron chi connectivity index (χ0n) is 7.71. The molecule has 72 valence electrons. The lowest BCUT2D eigenvalue weighted by atomic mass is 9.96. The Labute approximate surface area is 74.5 Å². The van der Waals surface area contributed by atoms with Gasteiger partial charge in [0.15, 0.2) is 0 Å². The molecule has 0 spiro atoms. The van der Waals surface area contributed by atoms with E-state index in [9.17, 15) is 8.42 Å². The summed E-state index contributed by atoms with van der Waals surface area (Å²) in [4.78, 5) is 0. The van der Waals surface area contributed by atoms with Crippen LogP contribution in [0.4, 0.5) is 0 Å². The first-order valence-electron chi connectivity index (χ1n) is 4.41. The lowest BCUT2D eigenvalue weighted by Crippen LogP contribution is -2.21. The first-order valence-corrected chi connectivity index (χ1v) is 6.47. The Kier molecular flexibility index (Phi) is 3.12. The van der Waals surface area contributed by atoms with E-state index in [1.165, 1.54) is 6.26 Å². The second-order valence-corrected chi connectivity index (χ2v) is 5.86. The second-order valence-electron chi connectivity index (χ2n) is 3.68. The fourth-order valence-electron chi connectivity index (χ4n) is 1.85. The number of hydrogen-bond acceptors (Lipinski definition) is 3. The molecule has 1 fully saturated rings. The van der Waals surface area contributed by atoms with Gasteiger partial charge in [0, 0.05) is 6.26 Å². The number of hydrogen-bond donors (Lipinski definition) is 1. The van der Waals surface area contributed by atoms with E-state index >= 15 is 0 Å². The third-order valence-corrected chi connectivity index (χ3v) is 3.55. The van der Waals surface area contributed by atoms with Crippen LogP contribution in [0.15, 0.2) is 0 Å². The van der Waals surface area contributed by atoms with Gasteiger partial charge in [-0.3, -0.25) is 0 Å². The van der Waals surface area contributed by atoms with Crippen molar-refractivity contribution in [1.82, 2.24) is 5.32 Å². The molecular formula is C8H17NO2S. The third-order valence-electron chi connectivity index (χ3n) is 2.52. The van der Waals surface area contributed by atoms with Crippen molar-refractivity contribution < 1.29 is 8.42 Å². The number of rotatable bonds is 3. The van der Waals surface area contributed by atoms with Gasteiger partial charge in [-0.15, -0.1) is 0 Å². The molecule has 12 heavy (non-hydrogen) atoms. The molecule has 0 aromatic carbocycles. The first-order chi connectivity index (χ1) is 5.53. The highest BCUT2D eigenvalue weighted by atomic mass is 32.2. The van der Waals surface area contributed by atoms with Crippen molar-refractivity contribution in [3.05, 3.63) is 0 Å². The zero-order chi connectivity index (χ0) is 9.19. The van der Waals surface area contributed by atoms with Crippen LogP contribution in [-0.4, -0.2) is 33.5 Å². The Bertz CT molecular complexity index is 235. The maximum absolute atomic E-state index is 11.0. The Balaban J connectivity index is 2.52. The van der Waals surface area contributed by atoms with Gasteiger partial charge >= 0.3 is 0 Å². The van der Waals surface area contributed by atoms with Gasteiger partial charge in [-0.25, -0.2) is 8.42 Å². The minimum Gasteiger partial charge on any atom is -0.316 e. The van der Waals surface area contributed by atoms with Gasteiger partial charge in [0.2, 0.25) is 0 Å². The Hall–Kier alpha value is -0.0900. The highest BCUT2D eigenvalue weighted by Crippen LogP contribution is 2.20. The molecule has 0 saturated carbocycles. The van der Waals surface area contributed by atoms with E-state index in [4.69, 9.17) is 0 Å². The van der Waals surface area contributed by atoms with Crippen LogP contribution in [0, 0.1) is 11.8 Å². The summed E-state index contributed by atoms with van der Waals surface area (Å²) in [5, 5.41) is 3.23. The summed E-state index contributed by atoms with van der Waals surface area (Å²) in [6, 6.07) is 0. The number of nitrogens with one attached hydrogen (secondary N) is 1. The third kappa shape index (κ3) is 2.75. The summed E-state index contributed by atoms with van der Waals surface area (Å²) in [6.07, 6.45) is 2.39. The molecule has 2 atom stereocenters. The zero-order valence-corrected chi connectivity index (χ0v) is 8.52. The fraction of sp³-hybridized carbons (Fsp3) is 1.00. The summed E-state index contributed by atoms with van der Waals surface area (Å²) in [7, 11) is -2.79. The van der Waals surface area contributed by atoms with Crippen LogP contribution >= 0.6 is 0 Å². The molecule has 1 saturated heterocycles. The fourth-order valence-corrected chi connectivity index (χ4v) is 3.02. The molecule has 0 aromatic rings. The van der Waals surface area contributed by atoms with Gasteiger partial charge < -0.3 is 5.32 Å². The van der Waals surface area contributed by atoms with E-state index in [0.29, 0.717) is 17.6 Å². The lowest BCUT2D eigenvalue weighted by Gasteiger charge is -2.14. The molecule has 0 aliphatic carbocycles. The summed E-state index contributed by atoms with van der Waals surface area (Å²) in [6.45, 7) is 3.97. The van der Waals surface area contributed by atoms with E-state index in [1.54, 1.807) is 0 Å². The molecule has 0 aromatic heterocycles. The minimum absolute atomic E-state index is 0.338. The van der Waals surface area contributed by atoms with Crippen LogP contribution in [-0.2, 0) is 9.84 Å². The molecule has 0 amide bonds. The molecule has 4 heteroatoms. The van der Waals surface area contributed by atoms with Crippen LogP contribution in [0.2, 0.25) is 0 Å². The van der Waals surface area contributed by atoms with E-state index in [-0.39, 0.29) is 0 Å². The average Bonchev–Trinajstić information content (AvgIpc) is 2.31. The lowest BCUT2D eigenvalue weighted by molar-refractivity contribution is 0.438. The standard InChI is InChI=1S/C8H17NO2S/c1-3-7-4-9-5-8(7)6-12(2,10)11/h7-9H,3-6H2,1-2H3. The minimum atomic E-state index is -2.79. The van der Waals surface area contributed by atoms with Crippen molar-refractivity contribution >= 4 is 9.84 Å². The molecule has 2 unspecified atom stereocenters. The van der Waals surface area contributed by atoms with Crippen LogP contribution in [0.1, 0.15) is 13.3 Å². The van der Waals surface area contributed by atoms with E-state index < -0.39 is 9.84 Å². The molecule has 1 heterocycles. The monoisotopic (exact) mass is 191 g/mol. The van der Waals surface area contributed by atoms with Gasteiger partial charge in [-0.2, -0.15) is 0 Å². The maximum atomic E-state index is 11.0. The van der Waals surface area contributed by atoms with Gasteiger partial charge in [0.1, 0.15) is 9.84 Å². The first kappa shape index (κ1) is 9.99. The van der Waals surface area contributed by atoms with Crippen molar-refractivity contribution in [2.24, 2.45) is 11.8 Å². The van der Waals surface area contributed by atoms with E-state index in [1.807, 2.05) is 0 Å². The van der Waals surface area contributed by atoms with Crippen molar-refractivity contribution in [3.63, 3.8) is 0 Å². The Morgan fingerprint density at radius 2 is 1.92 bits per heavy atom. The summed E-state index contributed by atoms with van der Waals surface area (Å²) < 4.78 is 22.0. The normalized spacial score (nSPS) is 30.8. The average molecular weight is 191 g/mol. The van der Waals surface area contributed by atoms with E-state index in [0.717, 1.165) is 19.5 Å². The molecule has 1 N–H and O–H groups in total. The van der Waals surface area contributed by atoms with Gasteiger partial charge in [0.25, 0.3) is 0 Å². The van der Waals surface area contributed by atoms with Crippen molar-refractivity contribution in [2.45, 2.75) is 13.3 Å². The van der Waals surface area contributed by atoms with Crippen LogP contribution in [0.3, 0.4) is 0 Å². The highest BCUT2D eigenvalue weighted by Gasteiger charge is 2.27. The number of sulfone groups is 1. The SMILES string of the molecule is CCC1CNCC1CS(C)(=O)=O. The Morgan fingerprint density at radius 3 is 2.42 bits per heavy atom.